The average molecular weight is 240 g/mol. The van der Waals surface area contributed by atoms with Crippen molar-refractivity contribution in [1.82, 2.24) is 10.2 Å². The monoisotopic (exact) mass is 240 g/mol. The van der Waals surface area contributed by atoms with Crippen LogP contribution in [0.4, 0.5) is 0 Å². The number of piperazine rings is 1. The standard InChI is InChI=1S/C13H24N2S/c1-5-7-16-8-6-15-10-13(11(2)3)14-9-12(15)4/h1,11-14H,6-10H2,2-4H3. The van der Waals surface area contributed by atoms with Crippen LogP contribution in [0.25, 0.3) is 0 Å². The fourth-order valence-electron chi connectivity index (χ4n) is 2.02. The van der Waals surface area contributed by atoms with Gasteiger partial charge in [0, 0.05) is 37.5 Å². The molecule has 1 N–H and O–H groups in total. The highest BCUT2D eigenvalue weighted by Crippen LogP contribution is 2.13. The minimum atomic E-state index is 0.647. The lowest BCUT2D eigenvalue weighted by atomic mass is 10.00. The van der Waals surface area contributed by atoms with Gasteiger partial charge >= 0.3 is 0 Å². The molecule has 0 radical (unpaired) electrons. The van der Waals surface area contributed by atoms with Crippen molar-refractivity contribution in [1.29, 1.82) is 0 Å². The molecule has 0 spiro atoms. The summed E-state index contributed by atoms with van der Waals surface area (Å²) in [6.45, 7) is 10.3. The molecule has 16 heavy (non-hydrogen) atoms. The van der Waals surface area contributed by atoms with Gasteiger partial charge in [0.05, 0.1) is 5.75 Å². The number of nitrogens with one attached hydrogen (secondary N) is 1. The first kappa shape index (κ1) is 13.9. The Hall–Kier alpha value is -0.170. The van der Waals surface area contributed by atoms with E-state index in [-0.39, 0.29) is 0 Å². The van der Waals surface area contributed by atoms with Gasteiger partial charge in [0.25, 0.3) is 0 Å². The number of rotatable bonds is 5. The molecule has 1 heterocycles. The van der Waals surface area contributed by atoms with E-state index in [9.17, 15) is 0 Å². The first-order chi connectivity index (χ1) is 7.65. The van der Waals surface area contributed by atoms with E-state index in [4.69, 9.17) is 6.42 Å². The van der Waals surface area contributed by atoms with Crippen molar-refractivity contribution in [2.75, 3.05) is 31.1 Å². The molecule has 2 atom stereocenters. The van der Waals surface area contributed by atoms with Crippen molar-refractivity contribution in [3.63, 3.8) is 0 Å². The van der Waals surface area contributed by atoms with E-state index in [2.05, 4.69) is 36.9 Å². The smallest absolute Gasteiger partial charge is 0.0545 e. The third-order valence-corrected chi connectivity index (χ3v) is 4.09. The molecule has 0 amide bonds. The van der Waals surface area contributed by atoms with Crippen molar-refractivity contribution >= 4 is 11.8 Å². The average Bonchev–Trinajstić information content (AvgIpc) is 2.26. The molecule has 0 aromatic carbocycles. The third kappa shape index (κ3) is 4.37. The van der Waals surface area contributed by atoms with Gasteiger partial charge in [-0.05, 0) is 12.8 Å². The van der Waals surface area contributed by atoms with E-state index in [1.807, 2.05) is 11.8 Å². The topological polar surface area (TPSA) is 15.3 Å². The van der Waals surface area contributed by atoms with Crippen LogP contribution in [0, 0.1) is 18.3 Å². The van der Waals surface area contributed by atoms with Gasteiger partial charge in [-0.2, -0.15) is 0 Å². The Morgan fingerprint density at radius 2 is 2.31 bits per heavy atom. The zero-order valence-electron chi connectivity index (χ0n) is 10.7. The summed E-state index contributed by atoms with van der Waals surface area (Å²) in [6, 6.07) is 1.30. The molecule has 0 aromatic heterocycles. The number of thioether (sulfide) groups is 1. The quantitative estimate of drug-likeness (QED) is 0.581. The van der Waals surface area contributed by atoms with Crippen molar-refractivity contribution in [3.05, 3.63) is 0 Å². The lowest BCUT2D eigenvalue weighted by Crippen LogP contribution is -2.57. The zero-order chi connectivity index (χ0) is 12.0. The lowest BCUT2D eigenvalue weighted by Gasteiger charge is -2.40. The number of terminal acetylenes is 1. The van der Waals surface area contributed by atoms with Gasteiger partial charge in [-0.15, -0.1) is 18.2 Å². The van der Waals surface area contributed by atoms with Gasteiger partial charge in [0.15, 0.2) is 0 Å². The second-order valence-electron chi connectivity index (χ2n) is 4.86. The minimum Gasteiger partial charge on any atom is -0.311 e. The highest BCUT2D eigenvalue weighted by Gasteiger charge is 2.25. The second kappa shape index (κ2) is 7.21. The summed E-state index contributed by atoms with van der Waals surface area (Å²) in [5.74, 6) is 5.39. The van der Waals surface area contributed by atoms with Crippen molar-refractivity contribution in [3.8, 4) is 12.3 Å². The van der Waals surface area contributed by atoms with Crippen molar-refractivity contribution in [2.24, 2.45) is 5.92 Å². The fraction of sp³-hybridized carbons (Fsp3) is 0.846. The van der Waals surface area contributed by atoms with Gasteiger partial charge in [0.2, 0.25) is 0 Å². The normalized spacial score (nSPS) is 26.9. The Balaban J connectivity index is 2.29. The fourth-order valence-corrected chi connectivity index (χ4v) is 2.65. The van der Waals surface area contributed by atoms with Crippen LogP contribution in [-0.2, 0) is 0 Å². The second-order valence-corrected chi connectivity index (χ2v) is 5.96. The molecular formula is C13H24N2S. The van der Waals surface area contributed by atoms with Crippen LogP contribution in [0.5, 0.6) is 0 Å². The van der Waals surface area contributed by atoms with Crippen LogP contribution in [0.15, 0.2) is 0 Å². The molecule has 1 saturated heterocycles. The molecule has 1 aliphatic rings. The third-order valence-electron chi connectivity index (χ3n) is 3.24. The minimum absolute atomic E-state index is 0.647. The largest absolute Gasteiger partial charge is 0.311 e. The van der Waals surface area contributed by atoms with Crippen molar-refractivity contribution in [2.45, 2.75) is 32.9 Å². The maximum atomic E-state index is 5.24. The molecule has 1 fully saturated rings. The molecule has 2 nitrogen and oxygen atoms in total. The predicted molar refractivity (Wildman–Crippen MR) is 73.8 cm³/mol. The molecule has 1 aliphatic heterocycles. The first-order valence-electron chi connectivity index (χ1n) is 6.13. The Morgan fingerprint density at radius 1 is 1.56 bits per heavy atom. The van der Waals surface area contributed by atoms with Gasteiger partial charge in [0.1, 0.15) is 0 Å². The van der Waals surface area contributed by atoms with Crippen LogP contribution in [0.2, 0.25) is 0 Å². The predicted octanol–water partition coefficient (Wildman–Crippen LogP) is 1.67. The van der Waals surface area contributed by atoms with Crippen LogP contribution in [-0.4, -0.2) is 48.1 Å². The summed E-state index contributed by atoms with van der Waals surface area (Å²) in [7, 11) is 0. The Kier molecular flexibility index (Phi) is 6.26. The van der Waals surface area contributed by atoms with Crippen LogP contribution in [0.1, 0.15) is 20.8 Å². The first-order valence-corrected chi connectivity index (χ1v) is 7.29. The van der Waals surface area contributed by atoms with E-state index < -0.39 is 0 Å². The molecule has 0 bridgehead atoms. The molecule has 0 aliphatic carbocycles. The molecule has 0 saturated carbocycles. The molecule has 1 rings (SSSR count). The summed E-state index contributed by atoms with van der Waals surface area (Å²) in [5.41, 5.74) is 0. The van der Waals surface area contributed by atoms with E-state index in [0.29, 0.717) is 18.0 Å². The molecule has 92 valence electrons. The highest BCUT2D eigenvalue weighted by molar-refractivity contribution is 7.99. The Labute approximate surface area is 105 Å². The summed E-state index contributed by atoms with van der Waals surface area (Å²) in [5, 5.41) is 3.62. The summed E-state index contributed by atoms with van der Waals surface area (Å²) >= 11 is 1.86. The highest BCUT2D eigenvalue weighted by atomic mass is 32.2. The number of hydrogen-bond donors (Lipinski definition) is 1. The lowest BCUT2D eigenvalue weighted by molar-refractivity contribution is 0.131. The van der Waals surface area contributed by atoms with E-state index in [1.54, 1.807) is 0 Å². The maximum absolute atomic E-state index is 5.24. The molecular weight excluding hydrogens is 216 g/mol. The van der Waals surface area contributed by atoms with Crippen LogP contribution >= 0.6 is 11.8 Å². The Bertz CT molecular complexity index is 235. The summed E-state index contributed by atoms with van der Waals surface area (Å²) in [4.78, 5) is 2.59. The summed E-state index contributed by atoms with van der Waals surface area (Å²) in [6.07, 6.45) is 5.24. The maximum Gasteiger partial charge on any atom is 0.0545 e. The number of hydrogen-bond acceptors (Lipinski definition) is 3. The molecule has 0 aromatic rings. The van der Waals surface area contributed by atoms with Gasteiger partial charge < -0.3 is 5.32 Å². The van der Waals surface area contributed by atoms with E-state index in [0.717, 1.165) is 18.1 Å². The van der Waals surface area contributed by atoms with Gasteiger partial charge in [-0.1, -0.05) is 19.8 Å². The number of nitrogens with zero attached hydrogens (tertiary/aromatic N) is 1. The van der Waals surface area contributed by atoms with Crippen molar-refractivity contribution < 1.29 is 0 Å². The van der Waals surface area contributed by atoms with E-state index >= 15 is 0 Å². The van der Waals surface area contributed by atoms with Crippen LogP contribution in [0.3, 0.4) is 0 Å². The SMILES string of the molecule is C#CCSCCN1CC(C(C)C)NCC1C. The Morgan fingerprint density at radius 3 is 2.94 bits per heavy atom. The van der Waals surface area contributed by atoms with Gasteiger partial charge in [-0.25, -0.2) is 0 Å². The molecule has 3 heteroatoms. The van der Waals surface area contributed by atoms with Crippen LogP contribution < -0.4 is 5.32 Å². The van der Waals surface area contributed by atoms with Gasteiger partial charge in [-0.3, -0.25) is 4.90 Å². The zero-order valence-corrected chi connectivity index (χ0v) is 11.5. The molecule has 2 unspecified atom stereocenters. The van der Waals surface area contributed by atoms with E-state index in [1.165, 1.54) is 13.1 Å². The summed E-state index contributed by atoms with van der Waals surface area (Å²) < 4.78 is 0.